The van der Waals surface area contributed by atoms with Crippen molar-refractivity contribution < 1.29 is 14.1 Å². The first-order chi connectivity index (χ1) is 15.2. The second-order valence-electron chi connectivity index (χ2n) is 7.05. The smallest absolute Gasteiger partial charge is 0.307 e. The van der Waals surface area contributed by atoms with E-state index >= 15 is 0 Å². The Morgan fingerprint density at radius 3 is 2.66 bits per heavy atom. The van der Waals surface area contributed by atoms with Gasteiger partial charge >= 0.3 is 5.91 Å². The van der Waals surface area contributed by atoms with Gasteiger partial charge in [-0.15, -0.1) is 0 Å². The van der Waals surface area contributed by atoms with Crippen LogP contribution < -0.4 is 5.43 Å². The molecule has 0 unspecified atom stereocenters. The van der Waals surface area contributed by atoms with Crippen LogP contribution in [0, 0.1) is 24.0 Å². The number of hydrogen-bond donors (Lipinski definition) is 1. The Labute approximate surface area is 192 Å². The SMILES string of the molecule is Cc1cc(/C=N/NC(=O)c2cc3cc(Cl)ccc3o2)c(C)n1-c1ccc([N+](=O)[O-])c(Cl)c1. The topological polar surface area (TPSA) is 103 Å². The first-order valence-electron chi connectivity index (χ1n) is 9.40. The van der Waals surface area contributed by atoms with Gasteiger partial charge in [-0.2, -0.15) is 5.10 Å². The number of rotatable bonds is 5. The van der Waals surface area contributed by atoms with Crippen molar-refractivity contribution in [2.75, 3.05) is 0 Å². The van der Waals surface area contributed by atoms with Gasteiger partial charge in [0.1, 0.15) is 10.6 Å². The second kappa shape index (κ2) is 8.49. The van der Waals surface area contributed by atoms with E-state index in [0.29, 0.717) is 16.3 Å². The number of aromatic nitrogens is 1. The van der Waals surface area contributed by atoms with Gasteiger partial charge < -0.3 is 8.98 Å². The summed E-state index contributed by atoms with van der Waals surface area (Å²) >= 11 is 12.0. The summed E-state index contributed by atoms with van der Waals surface area (Å²) in [6, 6.07) is 13.1. The largest absolute Gasteiger partial charge is 0.451 e. The van der Waals surface area contributed by atoms with Gasteiger partial charge in [-0.05, 0) is 56.3 Å². The molecule has 1 amide bonds. The minimum Gasteiger partial charge on any atom is -0.451 e. The van der Waals surface area contributed by atoms with Crippen molar-refractivity contribution in [3.05, 3.63) is 91.4 Å². The Bertz CT molecular complexity index is 1400. The summed E-state index contributed by atoms with van der Waals surface area (Å²) in [5.74, 6) is -0.380. The molecule has 4 aromatic rings. The average Bonchev–Trinajstić information content (AvgIpc) is 3.27. The molecule has 0 aliphatic rings. The van der Waals surface area contributed by atoms with E-state index in [4.69, 9.17) is 27.6 Å². The second-order valence-corrected chi connectivity index (χ2v) is 7.89. The molecule has 10 heteroatoms. The number of carbonyl (C=O) groups is 1. The summed E-state index contributed by atoms with van der Waals surface area (Å²) in [6.07, 6.45) is 1.52. The molecule has 0 spiro atoms. The zero-order valence-electron chi connectivity index (χ0n) is 16.9. The summed E-state index contributed by atoms with van der Waals surface area (Å²) in [6.45, 7) is 3.76. The molecule has 4 rings (SSSR count). The molecule has 0 radical (unpaired) electrons. The van der Waals surface area contributed by atoms with Crippen LogP contribution in [0.3, 0.4) is 0 Å². The third kappa shape index (κ3) is 4.10. The molecule has 162 valence electrons. The molecule has 0 saturated heterocycles. The summed E-state index contributed by atoms with van der Waals surface area (Å²) in [5, 5.41) is 16.3. The fraction of sp³-hybridized carbons (Fsp3) is 0.0909. The Kier molecular flexibility index (Phi) is 5.73. The van der Waals surface area contributed by atoms with Gasteiger partial charge in [0, 0.05) is 39.1 Å². The summed E-state index contributed by atoms with van der Waals surface area (Å²) in [5.41, 5.74) is 5.97. The molecule has 0 aliphatic carbocycles. The van der Waals surface area contributed by atoms with Crippen molar-refractivity contribution >= 4 is 52.0 Å². The van der Waals surface area contributed by atoms with Crippen LogP contribution in [0.4, 0.5) is 5.69 Å². The zero-order chi connectivity index (χ0) is 23.0. The van der Waals surface area contributed by atoms with Gasteiger partial charge in [0.2, 0.25) is 0 Å². The molecule has 2 aromatic carbocycles. The maximum absolute atomic E-state index is 12.4. The van der Waals surface area contributed by atoms with Crippen LogP contribution in [-0.4, -0.2) is 21.6 Å². The number of nitrogens with one attached hydrogen (secondary N) is 1. The van der Waals surface area contributed by atoms with Gasteiger partial charge in [-0.25, -0.2) is 5.43 Å². The predicted molar refractivity (Wildman–Crippen MR) is 123 cm³/mol. The Balaban J connectivity index is 1.54. The van der Waals surface area contributed by atoms with E-state index in [-0.39, 0.29) is 16.5 Å². The van der Waals surface area contributed by atoms with E-state index in [1.807, 2.05) is 24.5 Å². The molecule has 1 N–H and O–H groups in total. The van der Waals surface area contributed by atoms with E-state index in [1.54, 1.807) is 30.3 Å². The van der Waals surface area contributed by atoms with Gasteiger partial charge in [-0.3, -0.25) is 14.9 Å². The molecular weight excluding hydrogens is 455 g/mol. The lowest BCUT2D eigenvalue weighted by Gasteiger charge is -2.10. The third-order valence-electron chi connectivity index (χ3n) is 4.93. The minimum absolute atomic E-state index is 0.0506. The first-order valence-corrected chi connectivity index (χ1v) is 10.2. The molecule has 0 bridgehead atoms. The highest BCUT2D eigenvalue weighted by molar-refractivity contribution is 6.32. The number of carbonyl (C=O) groups excluding carboxylic acids is 1. The highest BCUT2D eigenvalue weighted by Gasteiger charge is 2.16. The number of fused-ring (bicyclic) bond motifs is 1. The van der Waals surface area contributed by atoms with Crippen molar-refractivity contribution in [1.29, 1.82) is 0 Å². The number of nitrogens with zero attached hydrogens (tertiary/aromatic N) is 3. The maximum atomic E-state index is 12.4. The molecule has 0 fully saturated rings. The minimum atomic E-state index is -0.529. The molecule has 32 heavy (non-hydrogen) atoms. The first kappa shape index (κ1) is 21.6. The van der Waals surface area contributed by atoms with Crippen LogP contribution in [0.2, 0.25) is 10.0 Å². The summed E-state index contributed by atoms with van der Waals surface area (Å²) in [7, 11) is 0. The fourth-order valence-electron chi connectivity index (χ4n) is 3.44. The Morgan fingerprint density at radius 2 is 1.94 bits per heavy atom. The lowest BCUT2D eigenvalue weighted by atomic mass is 10.2. The quantitative estimate of drug-likeness (QED) is 0.225. The number of aryl methyl sites for hydroxylation is 1. The molecule has 0 aliphatic heterocycles. The summed E-state index contributed by atoms with van der Waals surface area (Å²) < 4.78 is 7.41. The number of hydrazone groups is 1. The lowest BCUT2D eigenvalue weighted by molar-refractivity contribution is -0.384. The number of furan rings is 1. The van der Waals surface area contributed by atoms with E-state index < -0.39 is 10.8 Å². The number of nitro benzene ring substituents is 1. The normalized spacial score (nSPS) is 11.4. The van der Waals surface area contributed by atoms with Crippen LogP contribution in [-0.2, 0) is 0 Å². The number of amides is 1. The van der Waals surface area contributed by atoms with Crippen molar-refractivity contribution in [3.8, 4) is 5.69 Å². The number of benzene rings is 2. The van der Waals surface area contributed by atoms with Crippen LogP contribution in [0.15, 0.2) is 58.0 Å². The fourth-order valence-corrected chi connectivity index (χ4v) is 3.86. The van der Waals surface area contributed by atoms with Gasteiger partial charge in [0.25, 0.3) is 5.69 Å². The van der Waals surface area contributed by atoms with Gasteiger partial charge in [0.05, 0.1) is 11.1 Å². The lowest BCUT2D eigenvalue weighted by Crippen LogP contribution is -2.16. The highest BCUT2D eigenvalue weighted by Crippen LogP contribution is 2.29. The number of nitro groups is 1. The van der Waals surface area contributed by atoms with Gasteiger partial charge in [0.15, 0.2) is 5.76 Å². The molecule has 2 heterocycles. The Hall–Kier alpha value is -3.62. The predicted octanol–water partition coefficient (Wildman–Crippen LogP) is 5.82. The van der Waals surface area contributed by atoms with Crippen LogP contribution >= 0.6 is 23.2 Å². The van der Waals surface area contributed by atoms with E-state index in [0.717, 1.165) is 22.3 Å². The molecule has 0 atom stereocenters. The van der Waals surface area contributed by atoms with Gasteiger partial charge in [-0.1, -0.05) is 23.2 Å². The number of hydrogen-bond acceptors (Lipinski definition) is 5. The van der Waals surface area contributed by atoms with E-state index in [2.05, 4.69) is 10.5 Å². The Morgan fingerprint density at radius 1 is 1.16 bits per heavy atom. The van der Waals surface area contributed by atoms with Crippen molar-refractivity contribution in [2.24, 2.45) is 5.10 Å². The average molecular weight is 471 g/mol. The van der Waals surface area contributed by atoms with Crippen LogP contribution in [0.25, 0.3) is 16.7 Å². The van der Waals surface area contributed by atoms with E-state index in [1.165, 1.54) is 18.3 Å². The monoisotopic (exact) mass is 470 g/mol. The standard InChI is InChI=1S/C22H16Cl2N4O4/c1-12-7-15(13(2)27(12)17-4-5-19(28(30)31)18(24)10-17)11-25-26-22(29)21-9-14-8-16(23)3-6-20(14)32-21/h3-11H,1-2H3,(H,26,29)/b25-11+. The zero-order valence-corrected chi connectivity index (χ0v) is 18.4. The van der Waals surface area contributed by atoms with Crippen molar-refractivity contribution in [3.63, 3.8) is 0 Å². The maximum Gasteiger partial charge on any atom is 0.307 e. The van der Waals surface area contributed by atoms with Crippen molar-refractivity contribution in [2.45, 2.75) is 13.8 Å². The van der Waals surface area contributed by atoms with Crippen LogP contribution in [0.5, 0.6) is 0 Å². The van der Waals surface area contributed by atoms with E-state index in [9.17, 15) is 14.9 Å². The third-order valence-corrected chi connectivity index (χ3v) is 5.47. The van der Waals surface area contributed by atoms with Crippen LogP contribution in [0.1, 0.15) is 27.5 Å². The van der Waals surface area contributed by atoms with Crippen molar-refractivity contribution in [1.82, 2.24) is 9.99 Å². The highest BCUT2D eigenvalue weighted by atomic mass is 35.5. The molecular formula is C22H16Cl2N4O4. The summed E-state index contributed by atoms with van der Waals surface area (Å²) in [4.78, 5) is 22.8. The molecule has 2 aromatic heterocycles. The molecule has 8 nitrogen and oxygen atoms in total. The molecule has 0 saturated carbocycles. The number of halogens is 2.